The summed E-state index contributed by atoms with van der Waals surface area (Å²) < 4.78 is 10.3. The molecule has 4 heteroatoms. The largest absolute Gasteiger partial charge is 0.493 e. The highest BCUT2D eigenvalue weighted by atomic mass is 16.5. The first-order chi connectivity index (χ1) is 7.19. The maximum atomic E-state index is 11.1. The van der Waals surface area contributed by atoms with E-state index >= 15 is 0 Å². The number of carbonyl (C=O) groups excluding carboxylic acids is 1. The molecule has 0 heterocycles. The zero-order valence-corrected chi connectivity index (χ0v) is 8.82. The van der Waals surface area contributed by atoms with Crippen molar-refractivity contribution in [3.05, 3.63) is 23.8 Å². The average molecular weight is 210 g/mol. The number of ketones is 1. The number of ether oxygens (including phenoxy) is 2. The summed E-state index contributed by atoms with van der Waals surface area (Å²) in [6.07, 6.45) is 0. The van der Waals surface area contributed by atoms with Gasteiger partial charge in [-0.05, 0) is 25.1 Å². The van der Waals surface area contributed by atoms with E-state index in [1.54, 1.807) is 18.2 Å². The van der Waals surface area contributed by atoms with Crippen LogP contribution in [0.3, 0.4) is 0 Å². The molecule has 1 aromatic rings. The van der Waals surface area contributed by atoms with Gasteiger partial charge < -0.3 is 14.6 Å². The van der Waals surface area contributed by atoms with Crippen molar-refractivity contribution in [1.82, 2.24) is 0 Å². The van der Waals surface area contributed by atoms with E-state index in [1.807, 2.05) is 0 Å². The molecule has 1 N–H and O–H groups in total. The monoisotopic (exact) mass is 210 g/mol. The van der Waals surface area contributed by atoms with Crippen LogP contribution in [0.2, 0.25) is 0 Å². The van der Waals surface area contributed by atoms with Gasteiger partial charge in [0.05, 0.1) is 13.7 Å². The summed E-state index contributed by atoms with van der Waals surface area (Å²) in [5.74, 6) is 0.995. The first-order valence-corrected chi connectivity index (χ1v) is 4.61. The molecule has 0 bridgehead atoms. The van der Waals surface area contributed by atoms with Gasteiger partial charge in [0.25, 0.3) is 0 Å². The summed E-state index contributed by atoms with van der Waals surface area (Å²) in [6.45, 7) is 1.64. The van der Waals surface area contributed by atoms with E-state index in [0.717, 1.165) is 0 Å². The second kappa shape index (κ2) is 5.36. The molecule has 0 fully saturated rings. The van der Waals surface area contributed by atoms with Crippen LogP contribution in [0.25, 0.3) is 0 Å². The lowest BCUT2D eigenvalue weighted by Crippen LogP contribution is -2.03. The van der Waals surface area contributed by atoms with Crippen molar-refractivity contribution in [2.24, 2.45) is 0 Å². The molecule has 4 nitrogen and oxygen atoms in total. The number of carbonyl (C=O) groups is 1. The summed E-state index contributed by atoms with van der Waals surface area (Å²) in [6, 6.07) is 4.94. The van der Waals surface area contributed by atoms with Crippen LogP contribution < -0.4 is 9.47 Å². The number of rotatable bonds is 5. The topological polar surface area (TPSA) is 55.8 Å². The minimum Gasteiger partial charge on any atom is -0.493 e. The minimum atomic E-state index is -0.0579. The molecule has 0 saturated heterocycles. The molecule has 1 rings (SSSR count). The van der Waals surface area contributed by atoms with E-state index < -0.39 is 0 Å². The fourth-order valence-corrected chi connectivity index (χ4v) is 1.16. The maximum absolute atomic E-state index is 11.1. The Balaban J connectivity index is 2.93. The van der Waals surface area contributed by atoms with Gasteiger partial charge in [-0.2, -0.15) is 0 Å². The highest BCUT2D eigenvalue weighted by Gasteiger charge is 2.07. The van der Waals surface area contributed by atoms with Crippen molar-refractivity contribution in [2.75, 3.05) is 20.3 Å². The normalized spacial score (nSPS) is 9.80. The third-order valence-electron chi connectivity index (χ3n) is 1.92. The summed E-state index contributed by atoms with van der Waals surface area (Å²) in [7, 11) is 1.51. The van der Waals surface area contributed by atoms with Crippen LogP contribution in [0, 0.1) is 0 Å². The van der Waals surface area contributed by atoms with Crippen LogP contribution in [0.5, 0.6) is 11.5 Å². The zero-order chi connectivity index (χ0) is 11.3. The van der Waals surface area contributed by atoms with Gasteiger partial charge in [-0.25, -0.2) is 0 Å². The van der Waals surface area contributed by atoms with E-state index in [1.165, 1.54) is 14.0 Å². The molecule has 1 aromatic carbocycles. The summed E-state index contributed by atoms with van der Waals surface area (Å²) >= 11 is 0. The number of Topliss-reactive ketones (excluding diaryl/α,β-unsaturated/α-hetero) is 1. The number of aliphatic hydroxyl groups excluding tert-OH is 1. The molecule has 0 spiro atoms. The minimum absolute atomic E-state index is 0.0259. The van der Waals surface area contributed by atoms with Gasteiger partial charge in [-0.1, -0.05) is 0 Å². The van der Waals surface area contributed by atoms with E-state index in [9.17, 15) is 4.79 Å². The third-order valence-corrected chi connectivity index (χ3v) is 1.92. The molecule has 0 aromatic heterocycles. The smallest absolute Gasteiger partial charge is 0.161 e. The predicted octanol–water partition coefficient (Wildman–Crippen LogP) is 1.27. The van der Waals surface area contributed by atoms with Gasteiger partial charge in [0.15, 0.2) is 17.3 Å². The lowest BCUT2D eigenvalue weighted by molar-refractivity contribution is 0.101. The number of methoxy groups -OCH3 is 1. The van der Waals surface area contributed by atoms with Crippen LogP contribution in [0.4, 0.5) is 0 Å². The highest BCUT2D eigenvalue weighted by molar-refractivity contribution is 5.94. The van der Waals surface area contributed by atoms with Gasteiger partial charge in [0.1, 0.15) is 6.61 Å². The van der Waals surface area contributed by atoms with Crippen molar-refractivity contribution >= 4 is 5.78 Å². The van der Waals surface area contributed by atoms with Gasteiger partial charge in [0, 0.05) is 5.56 Å². The fourth-order valence-electron chi connectivity index (χ4n) is 1.16. The summed E-state index contributed by atoms with van der Waals surface area (Å²) in [4.78, 5) is 11.1. The molecule has 0 aliphatic heterocycles. The molecular weight excluding hydrogens is 196 g/mol. The Bertz CT molecular complexity index is 346. The molecule has 82 valence electrons. The van der Waals surface area contributed by atoms with Crippen LogP contribution >= 0.6 is 0 Å². The molecule has 0 aliphatic carbocycles. The zero-order valence-electron chi connectivity index (χ0n) is 8.82. The van der Waals surface area contributed by atoms with E-state index in [0.29, 0.717) is 17.1 Å². The Morgan fingerprint density at radius 2 is 2.13 bits per heavy atom. The van der Waals surface area contributed by atoms with Gasteiger partial charge >= 0.3 is 0 Å². The molecule has 0 aliphatic rings. The van der Waals surface area contributed by atoms with Crippen molar-refractivity contribution < 1.29 is 19.4 Å². The van der Waals surface area contributed by atoms with Crippen molar-refractivity contribution in [1.29, 1.82) is 0 Å². The first-order valence-electron chi connectivity index (χ1n) is 4.61. The van der Waals surface area contributed by atoms with Crippen LogP contribution in [0.1, 0.15) is 17.3 Å². The third kappa shape index (κ3) is 2.95. The molecule has 0 amide bonds. The summed E-state index contributed by atoms with van der Waals surface area (Å²) in [5, 5.41) is 8.61. The molecule has 0 atom stereocenters. The molecule has 15 heavy (non-hydrogen) atoms. The van der Waals surface area contributed by atoms with E-state index in [4.69, 9.17) is 14.6 Å². The Labute approximate surface area is 88.4 Å². The Hall–Kier alpha value is -1.55. The predicted molar refractivity (Wildman–Crippen MR) is 55.6 cm³/mol. The molecular formula is C11H14O4. The maximum Gasteiger partial charge on any atom is 0.161 e. The number of benzene rings is 1. The molecule has 0 unspecified atom stereocenters. The van der Waals surface area contributed by atoms with Crippen LogP contribution in [-0.2, 0) is 0 Å². The second-order valence-corrected chi connectivity index (χ2v) is 2.99. The summed E-state index contributed by atoms with van der Waals surface area (Å²) in [5.41, 5.74) is 0.572. The van der Waals surface area contributed by atoms with E-state index in [-0.39, 0.29) is 19.0 Å². The molecule has 0 saturated carbocycles. The SMILES string of the molecule is COc1cc(C(C)=O)ccc1OCCO. The quantitative estimate of drug-likeness (QED) is 0.743. The van der Waals surface area contributed by atoms with Crippen LogP contribution in [0.15, 0.2) is 18.2 Å². The standard InChI is InChI=1S/C11H14O4/c1-8(13)9-3-4-10(15-6-5-12)11(7-9)14-2/h3-4,7,12H,5-6H2,1-2H3. The van der Waals surface area contributed by atoms with Crippen molar-refractivity contribution in [2.45, 2.75) is 6.92 Å². The first kappa shape index (κ1) is 11.5. The highest BCUT2D eigenvalue weighted by Crippen LogP contribution is 2.28. The fraction of sp³-hybridized carbons (Fsp3) is 0.364. The lowest BCUT2D eigenvalue weighted by atomic mass is 10.1. The van der Waals surface area contributed by atoms with Crippen molar-refractivity contribution in [3.63, 3.8) is 0 Å². The van der Waals surface area contributed by atoms with Gasteiger partial charge in [-0.15, -0.1) is 0 Å². The Kier molecular flexibility index (Phi) is 4.12. The van der Waals surface area contributed by atoms with Gasteiger partial charge in [0.2, 0.25) is 0 Å². The van der Waals surface area contributed by atoms with E-state index in [2.05, 4.69) is 0 Å². The molecule has 0 radical (unpaired) electrons. The van der Waals surface area contributed by atoms with Gasteiger partial charge in [-0.3, -0.25) is 4.79 Å². The Morgan fingerprint density at radius 3 is 2.67 bits per heavy atom. The number of hydrogen-bond acceptors (Lipinski definition) is 4. The van der Waals surface area contributed by atoms with Crippen LogP contribution in [-0.4, -0.2) is 31.2 Å². The van der Waals surface area contributed by atoms with Crippen molar-refractivity contribution in [3.8, 4) is 11.5 Å². The number of hydrogen-bond donors (Lipinski definition) is 1. The second-order valence-electron chi connectivity index (χ2n) is 2.99. The lowest BCUT2D eigenvalue weighted by Gasteiger charge is -2.10. The average Bonchev–Trinajstić information content (AvgIpc) is 2.25. The number of aliphatic hydroxyl groups is 1. The Morgan fingerprint density at radius 1 is 1.40 bits per heavy atom.